The molecule has 2 aliphatic rings. The van der Waals surface area contributed by atoms with E-state index in [4.69, 9.17) is 0 Å². The summed E-state index contributed by atoms with van der Waals surface area (Å²) < 4.78 is 28.2. The van der Waals surface area contributed by atoms with Gasteiger partial charge in [0.05, 0.1) is 5.69 Å². The first-order valence-electron chi connectivity index (χ1n) is 10.3. The molecule has 2 aliphatic heterocycles. The van der Waals surface area contributed by atoms with Crippen molar-refractivity contribution in [3.05, 3.63) is 101 Å². The molecule has 3 aromatic carbocycles. The van der Waals surface area contributed by atoms with Crippen LogP contribution >= 0.6 is 0 Å². The van der Waals surface area contributed by atoms with Gasteiger partial charge in [-0.3, -0.25) is 9.69 Å². The van der Waals surface area contributed by atoms with Crippen molar-refractivity contribution in [1.82, 2.24) is 9.88 Å². The third kappa shape index (κ3) is 2.54. The fourth-order valence-electron chi connectivity index (χ4n) is 4.92. The Morgan fingerprint density at radius 2 is 1.59 bits per heavy atom. The van der Waals surface area contributed by atoms with E-state index in [-0.39, 0.29) is 5.69 Å². The minimum Gasteiger partial charge on any atom is -0.356 e. The lowest BCUT2D eigenvalue weighted by Gasteiger charge is -2.36. The van der Waals surface area contributed by atoms with Gasteiger partial charge in [0.2, 0.25) is 0 Å². The van der Waals surface area contributed by atoms with E-state index in [1.165, 1.54) is 35.2 Å². The summed E-state index contributed by atoms with van der Waals surface area (Å²) in [5, 5.41) is 0.971. The van der Waals surface area contributed by atoms with Crippen molar-refractivity contribution in [2.45, 2.75) is 18.5 Å². The number of rotatable bonds is 2. The number of benzene rings is 3. The molecule has 0 radical (unpaired) electrons. The van der Waals surface area contributed by atoms with E-state index in [9.17, 15) is 18.4 Å². The van der Waals surface area contributed by atoms with Crippen LogP contribution in [0.3, 0.4) is 0 Å². The molecule has 158 valence electrons. The molecule has 0 bridgehead atoms. The first kappa shape index (κ1) is 18.7. The van der Waals surface area contributed by atoms with Crippen molar-refractivity contribution in [2.75, 3.05) is 4.90 Å². The van der Waals surface area contributed by atoms with E-state index in [2.05, 4.69) is 4.98 Å². The van der Waals surface area contributed by atoms with Crippen LogP contribution in [0.2, 0.25) is 0 Å². The van der Waals surface area contributed by atoms with Crippen molar-refractivity contribution < 1.29 is 18.4 Å². The topological polar surface area (TPSA) is 56.4 Å². The number of imide groups is 1. The van der Waals surface area contributed by atoms with E-state index in [1.807, 2.05) is 24.3 Å². The van der Waals surface area contributed by atoms with Gasteiger partial charge < -0.3 is 4.98 Å². The van der Waals surface area contributed by atoms with Crippen LogP contribution in [0, 0.1) is 11.6 Å². The summed E-state index contributed by atoms with van der Waals surface area (Å²) in [6.07, 6.45) is 0.312. The number of hydrogen-bond acceptors (Lipinski definition) is 2. The Hall–Kier alpha value is -4.00. The molecule has 7 heteroatoms. The molecule has 0 aliphatic carbocycles. The highest BCUT2D eigenvalue weighted by molar-refractivity contribution is 6.22. The molecule has 5 nitrogen and oxygen atoms in total. The lowest BCUT2D eigenvalue weighted by atomic mass is 9.89. The zero-order valence-corrected chi connectivity index (χ0v) is 16.8. The highest BCUT2D eigenvalue weighted by atomic mass is 19.1. The van der Waals surface area contributed by atoms with Crippen molar-refractivity contribution in [3.63, 3.8) is 0 Å². The van der Waals surface area contributed by atoms with Crippen LogP contribution in [0.5, 0.6) is 0 Å². The fraction of sp³-hybridized carbons (Fsp3) is 0.120. The summed E-state index contributed by atoms with van der Waals surface area (Å²) in [6, 6.07) is 17.4. The second-order valence-electron chi connectivity index (χ2n) is 8.05. The molecule has 3 amide bonds. The number of aromatic nitrogens is 1. The number of carbonyl (C=O) groups is 2. The molecule has 1 saturated heterocycles. The van der Waals surface area contributed by atoms with Crippen molar-refractivity contribution in [2.24, 2.45) is 0 Å². The molecule has 0 spiro atoms. The molecule has 4 aromatic rings. The van der Waals surface area contributed by atoms with E-state index in [0.717, 1.165) is 27.1 Å². The summed E-state index contributed by atoms with van der Waals surface area (Å²) in [5.41, 5.74) is 3.22. The first-order valence-corrected chi connectivity index (χ1v) is 10.3. The number of halogens is 2. The molecule has 6 rings (SSSR count). The molecule has 2 atom stereocenters. The quantitative estimate of drug-likeness (QED) is 0.460. The lowest BCUT2D eigenvalue weighted by Crippen LogP contribution is -2.44. The number of anilines is 1. The minimum absolute atomic E-state index is 0.0664. The summed E-state index contributed by atoms with van der Waals surface area (Å²) >= 11 is 0. The number of amides is 3. The molecule has 0 unspecified atom stereocenters. The summed E-state index contributed by atoms with van der Waals surface area (Å²) in [4.78, 5) is 32.8. The smallest absolute Gasteiger partial charge is 0.333 e. The fourth-order valence-corrected chi connectivity index (χ4v) is 4.92. The Kier molecular flexibility index (Phi) is 3.95. The summed E-state index contributed by atoms with van der Waals surface area (Å²) in [7, 11) is 0. The van der Waals surface area contributed by atoms with Crippen LogP contribution in [0.4, 0.5) is 19.3 Å². The van der Waals surface area contributed by atoms with Crippen molar-refractivity contribution in [3.8, 4) is 0 Å². The van der Waals surface area contributed by atoms with E-state index < -0.39 is 35.7 Å². The molecule has 3 heterocycles. The van der Waals surface area contributed by atoms with Crippen LogP contribution in [-0.2, 0) is 11.2 Å². The van der Waals surface area contributed by atoms with Gasteiger partial charge >= 0.3 is 6.03 Å². The van der Waals surface area contributed by atoms with Gasteiger partial charge in [0.25, 0.3) is 5.91 Å². The average Bonchev–Trinajstić information content (AvgIpc) is 3.29. The predicted octanol–water partition coefficient (Wildman–Crippen LogP) is 4.93. The third-order valence-electron chi connectivity index (χ3n) is 6.33. The molecule has 0 saturated carbocycles. The minimum atomic E-state index is -0.788. The highest BCUT2D eigenvalue weighted by Crippen LogP contribution is 2.45. The number of para-hydroxylation sites is 2. The van der Waals surface area contributed by atoms with Gasteiger partial charge in [-0.2, -0.15) is 0 Å². The van der Waals surface area contributed by atoms with Crippen LogP contribution < -0.4 is 4.90 Å². The second-order valence-corrected chi connectivity index (χ2v) is 8.05. The van der Waals surface area contributed by atoms with E-state index in [0.29, 0.717) is 12.0 Å². The zero-order chi connectivity index (χ0) is 22.0. The van der Waals surface area contributed by atoms with Crippen LogP contribution in [0.25, 0.3) is 10.9 Å². The van der Waals surface area contributed by atoms with Crippen LogP contribution in [-0.4, -0.2) is 27.9 Å². The molecule has 1 aromatic heterocycles. The Morgan fingerprint density at radius 1 is 0.875 bits per heavy atom. The lowest BCUT2D eigenvalue weighted by molar-refractivity contribution is -0.120. The number of urea groups is 1. The van der Waals surface area contributed by atoms with Crippen molar-refractivity contribution >= 4 is 28.5 Å². The number of H-pyrrole nitrogens is 1. The summed E-state index contributed by atoms with van der Waals surface area (Å²) in [5.74, 6) is -1.51. The molecule has 1 N–H and O–H groups in total. The monoisotopic (exact) mass is 429 g/mol. The van der Waals surface area contributed by atoms with Crippen LogP contribution in [0.1, 0.15) is 22.9 Å². The van der Waals surface area contributed by atoms with E-state index >= 15 is 0 Å². The van der Waals surface area contributed by atoms with E-state index in [1.54, 1.807) is 18.2 Å². The molecular weight excluding hydrogens is 412 g/mol. The van der Waals surface area contributed by atoms with Gasteiger partial charge in [0.15, 0.2) is 0 Å². The molecular formula is C25H17F2N3O2. The largest absolute Gasteiger partial charge is 0.356 e. The second kappa shape index (κ2) is 6.75. The highest BCUT2D eigenvalue weighted by Gasteiger charge is 2.53. The van der Waals surface area contributed by atoms with Crippen molar-refractivity contribution in [1.29, 1.82) is 0 Å². The standard InChI is InChI=1S/C25H17F2N3O2/c26-15-11-9-14(10-12-15)23-22-17(16-5-1-3-7-19(16)28-22)13-21-24(31)30(25(32)29(21)23)20-8-4-2-6-18(20)27/h1-12,21,23,28H,13H2/t21-,23+/m0/s1. The number of hydrogen-bond donors (Lipinski definition) is 1. The number of nitrogens with zero attached hydrogens (tertiary/aromatic N) is 2. The molecule has 32 heavy (non-hydrogen) atoms. The van der Waals surface area contributed by atoms with Gasteiger partial charge in [-0.25, -0.2) is 18.5 Å². The Bertz CT molecular complexity index is 1400. The normalized spacial score (nSPS) is 20.1. The Labute approximate surface area is 181 Å². The van der Waals surface area contributed by atoms with Gasteiger partial charge in [0.1, 0.15) is 23.7 Å². The van der Waals surface area contributed by atoms with Gasteiger partial charge in [0, 0.05) is 23.0 Å². The van der Waals surface area contributed by atoms with Gasteiger partial charge in [-0.1, -0.05) is 42.5 Å². The number of aromatic amines is 1. The van der Waals surface area contributed by atoms with Gasteiger partial charge in [-0.15, -0.1) is 0 Å². The predicted molar refractivity (Wildman–Crippen MR) is 115 cm³/mol. The maximum absolute atomic E-state index is 14.5. The Morgan fingerprint density at radius 3 is 2.38 bits per heavy atom. The Balaban J connectivity index is 1.56. The molecule has 1 fully saturated rings. The third-order valence-corrected chi connectivity index (χ3v) is 6.33. The number of nitrogens with one attached hydrogen (secondary N) is 1. The summed E-state index contributed by atoms with van der Waals surface area (Å²) in [6.45, 7) is 0. The van der Waals surface area contributed by atoms with Crippen LogP contribution in [0.15, 0.2) is 72.8 Å². The number of carbonyl (C=O) groups excluding carboxylic acids is 2. The zero-order valence-electron chi connectivity index (χ0n) is 16.8. The average molecular weight is 429 g/mol. The van der Waals surface area contributed by atoms with Gasteiger partial charge in [-0.05, 0) is 41.5 Å². The maximum Gasteiger partial charge on any atom is 0.333 e. The first-order chi connectivity index (χ1) is 15.5. The SMILES string of the molecule is O=C1[C@@H]2Cc3c([nH]c4ccccc34)[C@@H](c3ccc(F)cc3)N2C(=O)N1c1ccccc1F. The number of fused-ring (bicyclic) bond motifs is 4. The maximum atomic E-state index is 14.5.